The molecule has 0 saturated carbocycles. The molecule has 0 aromatic heterocycles. The van der Waals surface area contributed by atoms with E-state index in [1.807, 2.05) is 36.4 Å². The largest absolute Gasteiger partial charge is 0.493 e. The Morgan fingerprint density at radius 1 is 1.03 bits per heavy atom. The molecule has 0 heterocycles. The molecule has 29 heavy (non-hydrogen) atoms. The van der Waals surface area contributed by atoms with Gasteiger partial charge in [0.15, 0.2) is 17.5 Å². The summed E-state index contributed by atoms with van der Waals surface area (Å²) in [5.74, 6) is 2.61. The van der Waals surface area contributed by atoms with Crippen molar-refractivity contribution in [3.8, 4) is 17.2 Å². The highest BCUT2D eigenvalue weighted by Crippen LogP contribution is 2.27. The number of rotatable bonds is 9. The fourth-order valence-corrected chi connectivity index (χ4v) is 2.60. The number of nitrogens with zero attached hydrogens (tertiary/aromatic N) is 1. The third-order valence-corrected chi connectivity index (χ3v) is 3.95. The lowest BCUT2D eigenvalue weighted by molar-refractivity contribution is -0.114. The highest BCUT2D eigenvalue weighted by molar-refractivity contribution is 5.88. The second-order valence-electron chi connectivity index (χ2n) is 6.10. The maximum absolute atomic E-state index is 11.1. The van der Waals surface area contributed by atoms with Crippen LogP contribution in [-0.4, -0.2) is 46.3 Å². The van der Waals surface area contributed by atoms with Crippen LogP contribution in [0.5, 0.6) is 17.2 Å². The van der Waals surface area contributed by atoms with E-state index >= 15 is 0 Å². The van der Waals surface area contributed by atoms with Crippen molar-refractivity contribution in [1.29, 1.82) is 0 Å². The van der Waals surface area contributed by atoms with E-state index in [-0.39, 0.29) is 5.91 Å². The standard InChI is InChI=1S/C21H28N4O4/c1-15(26)25-17-6-5-7-18(13-17)29-11-10-23-21(22-2)24-14-16-8-9-19(27-3)20(12-16)28-4/h5-9,12-13H,10-11,14H2,1-4H3,(H,25,26)(H2,22,23,24). The predicted molar refractivity (Wildman–Crippen MR) is 114 cm³/mol. The van der Waals surface area contributed by atoms with Crippen LogP contribution in [0.3, 0.4) is 0 Å². The maximum Gasteiger partial charge on any atom is 0.221 e. The fraction of sp³-hybridized carbons (Fsp3) is 0.333. The van der Waals surface area contributed by atoms with E-state index < -0.39 is 0 Å². The Kier molecular flexibility index (Phi) is 8.62. The van der Waals surface area contributed by atoms with Crippen molar-refractivity contribution < 1.29 is 19.0 Å². The van der Waals surface area contributed by atoms with Gasteiger partial charge in [0.1, 0.15) is 12.4 Å². The Hall–Kier alpha value is -3.42. The number of guanidine groups is 1. The van der Waals surface area contributed by atoms with Gasteiger partial charge in [-0.3, -0.25) is 9.79 Å². The molecule has 3 N–H and O–H groups in total. The third kappa shape index (κ3) is 7.25. The number of hydrogen-bond acceptors (Lipinski definition) is 5. The summed E-state index contributed by atoms with van der Waals surface area (Å²) in [6.45, 7) is 3.06. The molecule has 0 aliphatic rings. The monoisotopic (exact) mass is 400 g/mol. The number of anilines is 1. The highest BCUT2D eigenvalue weighted by Gasteiger charge is 2.05. The van der Waals surface area contributed by atoms with E-state index in [0.29, 0.717) is 48.6 Å². The van der Waals surface area contributed by atoms with Crippen molar-refractivity contribution >= 4 is 17.6 Å². The summed E-state index contributed by atoms with van der Waals surface area (Å²) in [4.78, 5) is 15.3. The Bertz CT molecular complexity index is 839. The molecule has 1 amide bonds. The quantitative estimate of drug-likeness (QED) is 0.340. The number of carbonyl (C=O) groups is 1. The first-order chi connectivity index (χ1) is 14.0. The number of nitrogens with one attached hydrogen (secondary N) is 3. The van der Waals surface area contributed by atoms with Gasteiger partial charge in [0.25, 0.3) is 0 Å². The number of amides is 1. The lowest BCUT2D eigenvalue weighted by atomic mass is 10.2. The Balaban J connectivity index is 1.77. The van der Waals surface area contributed by atoms with Gasteiger partial charge in [-0.05, 0) is 29.8 Å². The van der Waals surface area contributed by atoms with Crippen LogP contribution in [0.1, 0.15) is 12.5 Å². The fourth-order valence-electron chi connectivity index (χ4n) is 2.60. The molecule has 0 bridgehead atoms. The summed E-state index contributed by atoms with van der Waals surface area (Å²) in [5.41, 5.74) is 1.74. The maximum atomic E-state index is 11.1. The first-order valence-electron chi connectivity index (χ1n) is 9.21. The third-order valence-electron chi connectivity index (χ3n) is 3.95. The van der Waals surface area contributed by atoms with Gasteiger partial charge in [0.2, 0.25) is 5.91 Å². The second kappa shape index (κ2) is 11.4. The Labute approximate surface area is 171 Å². The molecule has 0 aliphatic carbocycles. The number of ether oxygens (including phenoxy) is 3. The Morgan fingerprint density at radius 2 is 1.83 bits per heavy atom. The summed E-state index contributed by atoms with van der Waals surface area (Å²) in [6, 6.07) is 13.0. The van der Waals surface area contributed by atoms with Crippen LogP contribution in [0.2, 0.25) is 0 Å². The van der Waals surface area contributed by atoms with Crippen molar-refractivity contribution in [3.05, 3.63) is 48.0 Å². The van der Waals surface area contributed by atoms with Crippen molar-refractivity contribution in [2.75, 3.05) is 39.7 Å². The second-order valence-corrected chi connectivity index (χ2v) is 6.10. The first kappa shape index (κ1) is 21.9. The van der Waals surface area contributed by atoms with E-state index in [2.05, 4.69) is 20.9 Å². The number of hydrogen-bond donors (Lipinski definition) is 3. The van der Waals surface area contributed by atoms with Crippen LogP contribution >= 0.6 is 0 Å². The lowest BCUT2D eigenvalue weighted by Gasteiger charge is -2.14. The van der Waals surface area contributed by atoms with Crippen LogP contribution in [0.15, 0.2) is 47.5 Å². The van der Waals surface area contributed by atoms with Crippen molar-refractivity contribution in [2.24, 2.45) is 4.99 Å². The average Bonchev–Trinajstić information content (AvgIpc) is 2.72. The summed E-state index contributed by atoms with van der Waals surface area (Å²) >= 11 is 0. The van der Waals surface area contributed by atoms with E-state index in [0.717, 1.165) is 5.56 Å². The van der Waals surface area contributed by atoms with Crippen LogP contribution in [0, 0.1) is 0 Å². The zero-order valence-corrected chi connectivity index (χ0v) is 17.2. The van der Waals surface area contributed by atoms with Crippen LogP contribution in [0.25, 0.3) is 0 Å². The van der Waals surface area contributed by atoms with Gasteiger partial charge in [-0.1, -0.05) is 12.1 Å². The molecule has 2 rings (SSSR count). The van der Waals surface area contributed by atoms with E-state index in [9.17, 15) is 4.79 Å². The smallest absolute Gasteiger partial charge is 0.221 e. The van der Waals surface area contributed by atoms with Crippen molar-refractivity contribution in [2.45, 2.75) is 13.5 Å². The molecule has 8 nitrogen and oxygen atoms in total. The molecule has 2 aromatic carbocycles. The van der Waals surface area contributed by atoms with E-state index in [1.54, 1.807) is 27.3 Å². The molecule has 0 aliphatic heterocycles. The van der Waals surface area contributed by atoms with Crippen LogP contribution in [-0.2, 0) is 11.3 Å². The summed E-state index contributed by atoms with van der Waals surface area (Å²) < 4.78 is 16.3. The topological polar surface area (TPSA) is 93.2 Å². The number of methoxy groups -OCH3 is 2. The molecule has 0 atom stereocenters. The molecule has 0 spiro atoms. The molecule has 0 saturated heterocycles. The SMILES string of the molecule is CN=C(NCCOc1cccc(NC(C)=O)c1)NCc1ccc(OC)c(OC)c1. The number of aliphatic imine (C=N–C) groups is 1. The normalized spacial score (nSPS) is 10.8. The van der Waals surface area contributed by atoms with Gasteiger partial charge in [-0.2, -0.15) is 0 Å². The van der Waals surface area contributed by atoms with Gasteiger partial charge in [0, 0.05) is 32.3 Å². The van der Waals surface area contributed by atoms with Crippen molar-refractivity contribution in [1.82, 2.24) is 10.6 Å². The molecule has 0 unspecified atom stereocenters. The minimum atomic E-state index is -0.117. The minimum absolute atomic E-state index is 0.117. The minimum Gasteiger partial charge on any atom is -0.493 e. The number of benzene rings is 2. The predicted octanol–water partition coefficient (Wildman–Crippen LogP) is 2.41. The van der Waals surface area contributed by atoms with Crippen molar-refractivity contribution in [3.63, 3.8) is 0 Å². The molecule has 8 heteroatoms. The van der Waals surface area contributed by atoms with Gasteiger partial charge in [0.05, 0.1) is 20.8 Å². The highest BCUT2D eigenvalue weighted by atomic mass is 16.5. The summed E-state index contributed by atoms with van der Waals surface area (Å²) in [6.07, 6.45) is 0. The summed E-state index contributed by atoms with van der Waals surface area (Å²) in [5, 5.41) is 9.17. The van der Waals surface area contributed by atoms with Gasteiger partial charge in [-0.25, -0.2) is 0 Å². The van der Waals surface area contributed by atoms with E-state index in [1.165, 1.54) is 6.92 Å². The zero-order valence-electron chi connectivity index (χ0n) is 17.2. The first-order valence-corrected chi connectivity index (χ1v) is 9.21. The zero-order chi connectivity index (χ0) is 21.1. The Morgan fingerprint density at radius 3 is 2.52 bits per heavy atom. The number of carbonyl (C=O) groups excluding carboxylic acids is 1. The molecule has 0 fully saturated rings. The summed E-state index contributed by atoms with van der Waals surface area (Å²) in [7, 11) is 4.93. The van der Waals surface area contributed by atoms with Gasteiger partial charge >= 0.3 is 0 Å². The molecular formula is C21H28N4O4. The van der Waals surface area contributed by atoms with Gasteiger partial charge in [-0.15, -0.1) is 0 Å². The molecule has 2 aromatic rings. The average molecular weight is 400 g/mol. The molecule has 0 radical (unpaired) electrons. The van der Waals surface area contributed by atoms with Crippen LogP contribution < -0.4 is 30.2 Å². The molecule has 156 valence electrons. The molecular weight excluding hydrogens is 372 g/mol. The van der Waals surface area contributed by atoms with Gasteiger partial charge < -0.3 is 30.2 Å². The van der Waals surface area contributed by atoms with E-state index in [4.69, 9.17) is 14.2 Å². The van der Waals surface area contributed by atoms with Crippen LogP contribution in [0.4, 0.5) is 5.69 Å². The lowest BCUT2D eigenvalue weighted by Crippen LogP contribution is -2.38.